The number of nitrogens with one attached hydrogen (secondary N) is 3. The molecule has 0 fully saturated rings. The monoisotopic (exact) mass is 660 g/mol. The van der Waals surface area contributed by atoms with E-state index < -0.39 is 47.2 Å². The number of carbonyl (C=O) groups excluding carboxylic acids is 3. The van der Waals surface area contributed by atoms with Crippen LogP contribution in [0.15, 0.2) is 23.3 Å². The Morgan fingerprint density at radius 1 is 1.15 bits per heavy atom. The van der Waals surface area contributed by atoms with E-state index in [9.17, 15) is 29.3 Å². The van der Waals surface area contributed by atoms with E-state index in [0.717, 1.165) is 6.07 Å². The van der Waals surface area contributed by atoms with Crippen molar-refractivity contribution in [2.24, 2.45) is 5.92 Å². The second-order valence-electron chi connectivity index (χ2n) is 11.7. The third kappa shape index (κ3) is 10.3. The highest BCUT2D eigenvalue weighted by Gasteiger charge is 2.24. The number of nitro benzene ring substituents is 1. The number of fused-ring (bicyclic) bond motifs is 1. The number of alkyl carbamates (subject to hydrolysis) is 1. The number of methoxy groups -OCH3 is 2. The van der Waals surface area contributed by atoms with Crippen LogP contribution in [0, 0.1) is 16.0 Å². The lowest BCUT2D eigenvalue weighted by molar-refractivity contribution is -0.385. The van der Waals surface area contributed by atoms with Gasteiger partial charge >= 0.3 is 12.1 Å². The standard InChI is InChI=1S/C29H40N8O10/c1-17(2)12-31-27-33-25-24(26(40)34-27)32-16-36(25)13-22(38)35(14-23(39)47-29(3,4)5)9-8-30-28(41)46-15-18-10-20(44-6)21(45-7)11-19(18)37(42)43/h10-11,16-17H,8-9,12-15H2,1-7H3,(H,30,41)(H2,31,33,34,40). The van der Waals surface area contributed by atoms with Crippen LogP contribution < -0.4 is 25.7 Å². The minimum atomic E-state index is -0.927. The SMILES string of the molecule is COc1cc(COC(=O)NCCN(CC(=O)OC(C)(C)C)C(=O)Cn2cnc3c(=O)[nH]c(NCC(C)C)nc32)c([N+](=O)[O-])cc1OC. The van der Waals surface area contributed by atoms with E-state index in [1.165, 1.54) is 36.1 Å². The molecule has 0 spiro atoms. The fourth-order valence-corrected chi connectivity index (χ4v) is 4.20. The van der Waals surface area contributed by atoms with Crippen molar-refractivity contribution in [3.05, 3.63) is 44.5 Å². The number of imidazole rings is 1. The number of aromatic amines is 1. The van der Waals surface area contributed by atoms with E-state index in [1.54, 1.807) is 20.8 Å². The molecule has 0 atom stereocenters. The highest BCUT2D eigenvalue weighted by molar-refractivity contribution is 5.83. The molecule has 1 aromatic carbocycles. The smallest absolute Gasteiger partial charge is 0.407 e. The van der Waals surface area contributed by atoms with Crippen molar-refractivity contribution in [3.8, 4) is 11.5 Å². The molecule has 0 saturated carbocycles. The van der Waals surface area contributed by atoms with Crippen molar-refractivity contribution in [2.75, 3.05) is 45.7 Å². The van der Waals surface area contributed by atoms with Crippen molar-refractivity contribution in [3.63, 3.8) is 0 Å². The van der Waals surface area contributed by atoms with Crippen LogP contribution in [0.1, 0.15) is 40.2 Å². The molecule has 18 nitrogen and oxygen atoms in total. The molecule has 0 aliphatic carbocycles. The van der Waals surface area contributed by atoms with Gasteiger partial charge in [0.2, 0.25) is 11.9 Å². The summed E-state index contributed by atoms with van der Waals surface area (Å²) in [5, 5.41) is 17.0. The summed E-state index contributed by atoms with van der Waals surface area (Å²) in [6.45, 7) is 8.08. The molecule has 0 bridgehead atoms. The Kier molecular flexibility index (Phi) is 12.1. The summed E-state index contributed by atoms with van der Waals surface area (Å²) < 4.78 is 22.2. The molecule has 47 heavy (non-hydrogen) atoms. The number of H-pyrrole nitrogens is 1. The number of hydrogen-bond acceptors (Lipinski definition) is 13. The lowest BCUT2D eigenvalue weighted by Gasteiger charge is -2.25. The molecule has 2 heterocycles. The number of nitrogens with zero attached hydrogens (tertiary/aromatic N) is 5. The maximum Gasteiger partial charge on any atom is 0.407 e. The van der Waals surface area contributed by atoms with Crippen LogP contribution in [-0.4, -0.2) is 93.3 Å². The predicted octanol–water partition coefficient (Wildman–Crippen LogP) is 2.21. The van der Waals surface area contributed by atoms with Gasteiger partial charge in [0.1, 0.15) is 25.3 Å². The molecule has 2 amide bonds. The molecule has 256 valence electrons. The number of carbonyl (C=O) groups is 3. The van der Waals surface area contributed by atoms with Gasteiger partial charge < -0.3 is 39.0 Å². The largest absolute Gasteiger partial charge is 0.493 e. The van der Waals surface area contributed by atoms with Crippen LogP contribution in [0.5, 0.6) is 11.5 Å². The molecular weight excluding hydrogens is 620 g/mol. The number of benzene rings is 1. The van der Waals surface area contributed by atoms with Gasteiger partial charge in [-0.15, -0.1) is 0 Å². The van der Waals surface area contributed by atoms with Crippen molar-refractivity contribution >= 4 is 40.8 Å². The molecule has 0 unspecified atom stereocenters. The third-order valence-corrected chi connectivity index (χ3v) is 6.34. The average molecular weight is 661 g/mol. The third-order valence-electron chi connectivity index (χ3n) is 6.34. The summed E-state index contributed by atoms with van der Waals surface area (Å²) in [5.41, 5.74) is -1.38. The minimum absolute atomic E-state index is 0.0331. The molecule has 2 aromatic heterocycles. The summed E-state index contributed by atoms with van der Waals surface area (Å²) in [6.07, 6.45) is 0.371. The second kappa shape index (κ2) is 15.7. The molecule has 3 rings (SSSR count). The lowest BCUT2D eigenvalue weighted by atomic mass is 10.1. The molecule has 3 N–H and O–H groups in total. The Morgan fingerprint density at radius 2 is 1.83 bits per heavy atom. The number of nitro groups is 1. The minimum Gasteiger partial charge on any atom is -0.493 e. The zero-order valence-electron chi connectivity index (χ0n) is 27.4. The van der Waals surface area contributed by atoms with Crippen LogP contribution in [-0.2, 0) is 32.2 Å². The van der Waals surface area contributed by atoms with Gasteiger partial charge in [0.15, 0.2) is 22.7 Å². The Balaban J connectivity index is 1.71. The van der Waals surface area contributed by atoms with Crippen molar-refractivity contribution in [1.82, 2.24) is 29.7 Å². The normalized spacial score (nSPS) is 11.2. The van der Waals surface area contributed by atoms with E-state index in [1.807, 2.05) is 13.8 Å². The Morgan fingerprint density at radius 3 is 2.45 bits per heavy atom. The van der Waals surface area contributed by atoms with Gasteiger partial charge in [-0.25, -0.2) is 9.78 Å². The second-order valence-corrected chi connectivity index (χ2v) is 11.7. The fraction of sp³-hybridized carbons (Fsp3) is 0.517. The van der Waals surface area contributed by atoms with Crippen LogP contribution >= 0.6 is 0 Å². The van der Waals surface area contributed by atoms with E-state index in [0.29, 0.717) is 6.54 Å². The molecule has 3 aromatic rings. The Labute approximate surface area is 269 Å². The Bertz CT molecular complexity index is 1660. The first-order valence-electron chi connectivity index (χ1n) is 14.6. The molecule has 0 saturated heterocycles. The lowest BCUT2D eigenvalue weighted by Crippen LogP contribution is -2.44. The summed E-state index contributed by atoms with van der Waals surface area (Å²) in [5.74, 6) is -0.389. The number of amides is 2. The van der Waals surface area contributed by atoms with Gasteiger partial charge in [0.25, 0.3) is 11.2 Å². The molecule has 0 aliphatic rings. The Hall–Kier alpha value is -5.42. The zero-order valence-corrected chi connectivity index (χ0v) is 27.4. The molecule has 18 heteroatoms. The number of hydrogen-bond donors (Lipinski definition) is 3. The van der Waals surface area contributed by atoms with Crippen LogP contribution in [0.3, 0.4) is 0 Å². The van der Waals surface area contributed by atoms with Gasteiger partial charge in [0, 0.05) is 19.6 Å². The van der Waals surface area contributed by atoms with Gasteiger partial charge in [-0.3, -0.25) is 29.5 Å². The highest BCUT2D eigenvalue weighted by atomic mass is 16.6. The fourth-order valence-electron chi connectivity index (χ4n) is 4.20. The first-order valence-corrected chi connectivity index (χ1v) is 14.6. The summed E-state index contributed by atoms with van der Waals surface area (Å²) in [4.78, 5) is 74.3. The number of ether oxygens (including phenoxy) is 4. The summed E-state index contributed by atoms with van der Waals surface area (Å²) >= 11 is 0. The number of esters is 1. The van der Waals surface area contributed by atoms with Gasteiger partial charge in [-0.1, -0.05) is 13.8 Å². The maximum atomic E-state index is 13.5. The van der Waals surface area contributed by atoms with E-state index in [4.69, 9.17) is 18.9 Å². The molecular formula is C29H40N8O10. The number of aromatic nitrogens is 4. The van der Waals surface area contributed by atoms with Crippen LogP contribution in [0.2, 0.25) is 0 Å². The summed E-state index contributed by atoms with van der Waals surface area (Å²) in [7, 11) is 2.69. The first-order chi connectivity index (χ1) is 22.1. The molecule has 0 aliphatic heterocycles. The number of anilines is 1. The van der Waals surface area contributed by atoms with Crippen molar-refractivity contribution in [2.45, 2.75) is 53.4 Å². The van der Waals surface area contributed by atoms with Crippen molar-refractivity contribution < 1.29 is 38.3 Å². The van der Waals surface area contributed by atoms with Gasteiger partial charge in [-0.05, 0) is 32.8 Å². The number of rotatable bonds is 15. The van der Waals surface area contributed by atoms with Crippen LogP contribution in [0.25, 0.3) is 11.2 Å². The first kappa shape index (κ1) is 36.1. The topological polar surface area (TPSA) is 222 Å². The summed E-state index contributed by atoms with van der Waals surface area (Å²) in [6, 6.07) is 2.49. The zero-order chi connectivity index (χ0) is 34.9. The highest BCUT2D eigenvalue weighted by Crippen LogP contribution is 2.34. The van der Waals surface area contributed by atoms with Gasteiger partial charge in [0.05, 0.1) is 37.1 Å². The van der Waals surface area contributed by atoms with Crippen molar-refractivity contribution in [1.29, 1.82) is 0 Å². The van der Waals surface area contributed by atoms with Crippen LogP contribution in [0.4, 0.5) is 16.4 Å². The van der Waals surface area contributed by atoms with E-state index >= 15 is 0 Å². The maximum absolute atomic E-state index is 13.5. The quantitative estimate of drug-likeness (QED) is 0.121. The molecule has 0 radical (unpaired) electrons. The predicted molar refractivity (Wildman–Crippen MR) is 168 cm³/mol. The van der Waals surface area contributed by atoms with E-state index in [-0.39, 0.29) is 65.4 Å². The van der Waals surface area contributed by atoms with Gasteiger partial charge in [-0.2, -0.15) is 4.98 Å². The van der Waals surface area contributed by atoms with E-state index in [2.05, 4.69) is 25.6 Å². The average Bonchev–Trinajstić information content (AvgIpc) is 3.39.